The van der Waals surface area contributed by atoms with Gasteiger partial charge in [0, 0.05) is 5.56 Å². The molecule has 0 aliphatic heterocycles. The van der Waals surface area contributed by atoms with Crippen molar-refractivity contribution in [3.63, 3.8) is 0 Å². The summed E-state index contributed by atoms with van der Waals surface area (Å²) < 4.78 is 4.45. The van der Waals surface area contributed by atoms with Gasteiger partial charge in [0.2, 0.25) is 0 Å². The van der Waals surface area contributed by atoms with E-state index in [2.05, 4.69) is 16.6 Å². The third kappa shape index (κ3) is 3.84. The van der Waals surface area contributed by atoms with E-state index in [1.165, 1.54) is 7.11 Å². The Hall–Kier alpha value is -1.79. The molecule has 3 nitrogen and oxygen atoms in total. The average Bonchev–Trinajstić information content (AvgIpc) is 2.29. The number of benzene rings is 1. The molecule has 0 aromatic heterocycles. The average molecular weight is 204 g/mol. The van der Waals surface area contributed by atoms with Crippen molar-refractivity contribution in [3.8, 4) is 11.8 Å². The molecule has 0 spiro atoms. The largest absolute Gasteiger partial charge is 0.468 e. The molecule has 1 N–H and O–H groups in total. The van der Waals surface area contributed by atoms with Crippen LogP contribution in [0.25, 0.3) is 0 Å². The van der Waals surface area contributed by atoms with E-state index in [-0.39, 0.29) is 19.0 Å². The second kappa shape index (κ2) is 5.84. The van der Waals surface area contributed by atoms with Crippen molar-refractivity contribution in [2.24, 2.45) is 0 Å². The number of aliphatic hydroxyl groups is 1. The lowest BCUT2D eigenvalue weighted by Gasteiger charge is -1.95. The summed E-state index contributed by atoms with van der Waals surface area (Å²) >= 11 is 0. The van der Waals surface area contributed by atoms with Crippen LogP contribution in [0.4, 0.5) is 0 Å². The van der Waals surface area contributed by atoms with E-state index in [0.717, 1.165) is 11.1 Å². The summed E-state index contributed by atoms with van der Waals surface area (Å²) in [6.07, 6.45) is 0.0832. The minimum atomic E-state index is -0.346. The molecular formula is C12H12O3. The van der Waals surface area contributed by atoms with Crippen LogP contribution < -0.4 is 0 Å². The van der Waals surface area contributed by atoms with Gasteiger partial charge in [0.25, 0.3) is 0 Å². The highest BCUT2D eigenvalue weighted by Crippen LogP contribution is 2.03. The van der Waals surface area contributed by atoms with E-state index in [1.54, 1.807) is 6.07 Å². The third-order valence-electron chi connectivity index (χ3n) is 1.80. The number of esters is 1. The molecule has 0 aliphatic rings. The van der Waals surface area contributed by atoms with Crippen LogP contribution in [0.15, 0.2) is 24.3 Å². The first-order valence-corrected chi connectivity index (χ1v) is 4.51. The van der Waals surface area contributed by atoms with Gasteiger partial charge in [0.05, 0.1) is 13.7 Å². The molecule has 15 heavy (non-hydrogen) atoms. The van der Waals surface area contributed by atoms with Crippen LogP contribution in [0.1, 0.15) is 17.5 Å². The molecule has 1 rings (SSSR count). The summed E-state index contributed by atoms with van der Waals surface area (Å²) in [5.41, 5.74) is 1.59. The quantitative estimate of drug-likeness (QED) is 0.579. The van der Waals surface area contributed by atoms with Crippen LogP contribution in [-0.4, -0.2) is 18.2 Å². The molecule has 0 fully saturated rings. The number of carbonyl (C=O) groups is 1. The molecule has 1 aromatic carbocycles. The van der Waals surface area contributed by atoms with Gasteiger partial charge in [0.1, 0.15) is 6.42 Å². The molecule has 78 valence electrons. The minimum absolute atomic E-state index is 0.00742. The highest BCUT2D eigenvalue weighted by Gasteiger charge is 1.94. The molecule has 0 aliphatic carbocycles. The van der Waals surface area contributed by atoms with Crippen LogP contribution in [0.2, 0.25) is 0 Å². The molecule has 0 radical (unpaired) electrons. The zero-order chi connectivity index (χ0) is 11.1. The Morgan fingerprint density at radius 1 is 1.53 bits per heavy atom. The first kappa shape index (κ1) is 11.3. The molecule has 1 aromatic rings. The SMILES string of the molecule is COC(=O)CC#Cc1cccc(CO)c1. The van der Waals surface area contributed by atoms with Crippen molar-refractivity contribution in [1.82, 2.24) is 0 Å². The maximum atomic E-state index is 10.8. The molecular weight excluding hydrogens is 192 g/mol. The van der Waals surface area contributed by atoms with Crippen molar-refractivity contribution in [2.75, 3.05) is 7.11 Å². The van der Waals surface area contributed by atoms with Crippen LogP contribution in [0.5, 0.6) is 0 Å². The van der Waals surface area contributed by atoms with Gasteiger partial charge in [-0.2, -0.15) is 0 Å². The van der Waals surface area contributed by atoms with Gasteiger partial charge in [-0.3, -0.25) is 4.79 Å². The molecule has 0 amide bonds. The zero-order valence-electron chi connectivity index (χ0n) is 8.49. The lowest BCUT2D eigenvalue weighted by molar-refractivity contribution is -0.139. The van der Waals surface area contributed by atoms with Crippen LogP contribution in [-0.2, 0) is 16.1 Å². The Morgan fingerprint density at radius 2 is 2.33 bits per heavy atom. The minimum Gasteiger partial charge on any atom is -0.468 e. The van der Waals surface area contributed by atoms with Gasteiger partial charge in [-0.1, -0.05) is 24.0 Å². The van der Waals surface area contributed by atoms with Crippen LogP contribution in [0, 0.1) is 11.8 Å². The number of hydrogen-bond acceptors (Lipinski definition) is 3. The normalized spacial score (nSPS) is 8.93. The highest BCUT2D eigenvalue weighted by molar-refractivity contribution is 5.72. The standard InChI is InChI=1S/C12H12O3/c1-15-12(14)7-3-5-10-4-2-6-11(8-10)9-13/h2,4,6,8,13H,7,9H2,1H3. The summed E-state index contributed by atoms with van der Waals surface area (Å²) in [5, 5.41) is 8.89. The summed E-state index contributed by atoms with van der Waals surface area (Å²) in [4.78, 5) is 10.8. The Morgan fingerprint density at radius 3 is 3.00 bits per heavy atom. The van der Waals surface area contributed by atoms with Crippen molar-refractivity contribution in [3.05, 3.63) is 35.4 Å². The Bertz CT molecular complexity index is 399. The molecule has 0 heterocycles. The number of hydrogen-bond donors (Lipinski definition) is 1. The summed E-state index contributed by atoms with van der Waals surface area (Å²) in [7, 11) is 1.33. The van der Waals surface area contributed by atoms with Gasteiger partial charge in [-0.25, -0.2) is 0 Å². The fourth-order valence-corrected chi connectivity index (χ4v) is 1.04. The summed E-state index contributed by atoms with van der Waals surface area (Å²) in [6.45, 7) is -0.00742. The zero-order valence-corrected chi connectivity index (χ0v) is 8.49. The van der Waals surface area contributed by atoms with E-state index in [1.807, 2.05) is 18.2 Å². The molecule has 0 saturated carbocycles. The summed E-state index contributed by atoms with van der Waals surface area (Å²) in [6, 6.07) is 7.23. The van der Waals surface area contributed by atoms with Crippen molar-refractivity contribution in [2.45, 2.75) is 13.0 Å². The second-order valence-electron chi connectivity index (χ2n) is 2.91. The Labute approximate surface area is 88.7 Å². The molecule has 0 unspecified atom stereocenters. The number of ether oxygens (including phenoxy) is 1. The van der Waals surface area contributed by atoms with Crippen molar-refractivity contribution < 1.29 is 14.6 Å². The maximum Gasteiger partial charge on any atom is 0.317 e. The van der Waals surface area contributed by atoms with E-state index >= 15 is 0 Å². The Balaban J connectivity index is 2.67. The highest BCUT2D eigenvalue weighted by atomic mass is 16.5. The van der Waals surface area contributed by atoms with E-state index in [0.29, 0.717) is 0 Å². The van der Waals surface area contributed by atoms with E-state index in [4.69, 9.17) is 5.11 Å². The molecule has 0 bridgehead atoms. The third-order valence-corrected chi connectivity index (χ3v) is 1.80. The van der Waals surface area contributed by atoms with Gasteiger partial charge >= 0.3 is 5.97 Å². The predicted octanol–water partition coefficient (Wildman–Crippen LogP) is 1.09. The lowest BCUT2D eigenvalue weighted by atomic mass is 10.1. The van der Waals surface area contributed by atoms with Gasteiger partial charge in [-0.15, -0.1) is 0 Å². The van der Waals surface area contributed by atoms with Crippen LogP contribution >= 0.6 is 0 Å². The number of carbonyl (C=O) groups excluding carboxylic acids is 1. The molecule has 0 atom stereocenters. The Kier molecular flexibility index (Phi) is 4.39. The monoisotopic (exact) mass is 204 g/mol. The topological polar surface area (TPSA) is 46.5 Å². The number of aliphatic hydroxyl groups excluding tert-OH is 1. The van der Waals surface area contributed by atoms with Crippen LogP contribution in [0.3, 0.4) is 0 Å². The lowest BCUT2D eigenvalue weighted by Crippen LogP contribution is -1.97. The van der Waals surface area contributed by atoms with E-state index < -0.39 is 0 Å². The summed E-state index contributed by atoms with van der Waals surface area (Å²) in [5.74, 6) is 5.17. The fraction of sp³-hybridized carbons (Fsp3) is 0.250. The predicted molar refractivity (Wildman–Crippen MR) is 55.9 cm³/mol. The maximum absolute atomic E-state index is 10.8. The first-order chi connectivity index (χ1) is 7.26. The number of methoxy groups -OCH3 is 1. The smallest absolute Gasteiger partial charge is 0.317 e. The van der Waals surface area contributed by atoms with Crippen molar-refractivity contribution in [1.29, 1.82) is 0 Å². The van der Waals surface area contributed by atoms with Crippen molar-refractivity contribution >= 4 is 5.97 Å². The van der Waals surface area contributed by atoms with Gasteiger partial charge in [0.15, 0.2) is 0 Å². The molecule has 0 saturated heterocycles. The number of rotatable bonds is 2. The first-order valence-electron chi connectivity index (χ1n) is 4.51. The second-order valence-corrected chi connectivity index (χ2v) is 2.91. The van der Waals surface area contributed by atoms with Gasteiger partial charge < -0.3 is 9.84 Å². The van der Waals surface area contributed by atoms with Gasteiger partial charge in [-0.05, 0) is 17.7 Å². The molecule has 3 heteroatoms. The van der Waals surface area contributed by atoms with E-state index in [9.17, 15) is 4.79 Å². The fourth-order valence-electron chi connectivity index (χ4n) is 1.04.